The smallest absolute Gasteiger partial charge is 0.250 e. The van der Waals surface area contributed by atoms with Crippen LogP contribution in [-0.2, 0) is 12.0 Å². The van der Waals surface area contributed by atoms with E-state index >= 15 is 0 Å². The first kappa shape index (κ1) is 14.6. The predicted molar refractivity (Wildman–Crippen MR) is 83.9 cm³/mol. The van der Waals surface area contributed by atoms with Crippen LogP contribution in [0, 0.1) is 0 Å². The highest BCUT2D eigenvalue weighted by molar-refractivity contribution is 7.09. The molecule has 0 aromatic carbocycles. The van der Waals surface area contributed by atoms with Crippen molar-refractivity contribution in [2.75, 3.05) is 0 Å². The quantitative estimate of drug-likeness (QED) is 0.743. The summed E-state index contributed by atoms with van der Waals surface area (Å²) in [5.41, 5.74) is 1.51. The maximum Gasteiger partial charge on any atom is 0.250 e. The average molecular weight is 316 g/mol. The van der Waals surface area contributed by atoms with Gasteiger partial charge in [0.15, 0.2) is 0 Å². The number of aromatic nitrogens is 4. The summed E-state index contributed by atoms with van der Waals surface area (Å²) in [7, 11) is 0. The molecule has 0 atom stereocenters. The Kier molecular flexibility index (Phi) is 3.66. The number of rotatable bonds is 3. The summed E-state index contributed by atoms with van der Waals surface area (Å²) < 4.78 is 6.76. The van der Waals surface area contributed by atoms with Crippen molar-refractivity contribution >= 4 is 11.3 Å². The van der Waals surface area contributed by atoms with Crippen LogP contribution in [0.5, 0.6) is 0 Å². The first-order chi connectivity index (χ1) is 10.4. The fourth-order valence-corrected chi connectivity index (χ4v) is 2.88. The first-order valence-corrected chi connectivity index (χ1v) is 7.73. The molecule has 3 aromatic heterocycles. The summed E-state index contributed by atoms with van der Waals surface area (Å²) in [5, 5.41) is 10.6. The highest BCUT2D eigenvalue weighted by Crippen LogP contribution is 2.25. The van der Waals surface area contributed by atoms with Crippen LogP contribution in [0.15, 0.2) is 39.3 Å². The molecule has 0 radical (unpaired) electrons. The van der Waals surface area contributed by atoms with Gasteiger partial charge >= 0.3 is 0 Å². The van der Waals surface area contributed by atoms with E-state index in [2.05, 4.69) is 36.0 Å². The summed E-state index contributed by atoms with van der Waals surface area (Å²) in [6.07, 6.45) is 2.98. The lowest BCUT2D eigenvalue weighted by molar-refractivity contribution is 0.567. The van der Waals surface area contributed by atoms with Crippen LogP contribution in [0.2, 0.25) is 0 Å². The third-order valence-corrected chi connectivity index (χ3v) is 4.43. The lowest BCUT2D eigenvalue weighted by atomic mass is 9.98. The van der Waals surface area contributed by atoms with E-state index in [-0.39, 0.29) is 11.0 Å². The predicted octanol–water partition coefficient (Wildman–Crippen LogP) is 2.70. The summed E-state index contributed by atoms with van der Waals surface area (Å²) in [5.74, 6) is 0.391. The Hall–Kier alpha value is -2.28. The second-order valence-electron chi connectivity index (χ2n) is 6.02. The highest BCUT2D eigenvalue weighted by Gasteiger charge is 2.18. The van der Waals surface area contributed by atoms with Crippen molar-refractivity contribution in [1.82, 2.24) is 19.7 Å². The van der Waals surface area contributed by atoms with Crippen LogP contribution >= 0.6 is 11.3 Å². The number of hydrogen-bond donors (Lipinski definition) is 0. The average Bonchev–Trinajstić information content (AvgIpc) is 3.11. The Balaban J connectivity index is 1.90. The van der Waals surface area contributed by atoms with Gasteiger partial charge in [-0.2, -0.15) is 0 Å². The van der Waals surface area contributed by atoms with Gasteiger partial charge in [-0.15, -0.1) is 21.5 Å². The molecule has 3 aromatic rings. The van der Waals surface area contributed by atoms with Crippen LogP contribution in [0.3, 0.4) is 0 Å². The molecule has 6 nitrogen and oxygen atoms in total. The van der Waals surface area contributed by atoms with Crippen molar-refractivity contribution in [3.63, 3.8) is 0 Å². The topological polar surface area (TPSA) is 73.8 Å². The van der Waals surface area contributed by atoms with Crippen molar-refractivity contribution in [1.29, 1.82) is 0 Å². The van der Waals surface area contributed by atoms with Gasteiger partial charge in [0, 0.05) is 23.1 Å². The van der Waals surface area contributed by atoms with E-state index < -0.39 is 0 Å². The van der Waals surface area contributed by atoms with Crippen LogP contribution < -0.4 is 5.56 Å². The van der Waals surface area contributed by atoms with E-state index in [0.717, 1.165) is 10.7 Å². The molecule has 0 aliphatic rings. The van der Waals surface area contributed by atoms with Crippen molar-refractivity contribution in [3.05, 3.63) is 51.2 Å². The third kappa shape index (κ3) is 2.99. The monoisotopic (exact) mass is 316 g/mol. The maximum atomic E-state index is 12.0. The Bertz CT molecular complexity index is 828. The lowest BCUT2D eigenvalue weighted by Gasteiger charge is -2.13. The van der Waals surface area contributed by atoms with Gasteiger partial charge in [0.1, 0.15) is 0 Å². The van der Waals surface area contributed by atoms with E-state index in [0.29, 0.717) is 18.0 Å². The molecule has 0 aliphatic heterocycles. The van der Waals surface area contributed by atoms with Crippen LogP contribution in [0.4, 0.5) is 0 Å². The molecule has 3 rings (SSSR count). The molecular formula is C15H16N4O2S. The minimum absolute atomic E-state index is 0.0134. The Labute approximate surface area is 131 Å². The van der Waals surface area contributed by atoms with Gasteiger partial charge in [-0.05, 0) is 6.07 Å². The van der Waals surface area contributed by atoms with Crippen molar-refractivity contribution < 1.29 is 4.42 Å². The molecular weight excluding hydrogens is 300 g/mol. The molecule has 7 heteroatoms. The maximum absolute atomic E-state index is 12.0. The molecule has 114 valence electrons. The highest BCUT2D eigenvalue weighted by atomic mass is 32.1. The Morgan fingerprint density at radius 3 is 2.77 bits per heavy atom. The van der Waals surface area contributed by atoms with E-state index in [4.69, 9.17) is 4.42 Å². The van der Waals surface area contributed by atoms with Crippen molar-refractivity contribution in [2.45, 2.75) is 32.7 Å². The van der Waals surface area contributed by atoms with Crippen LogP contribution in [-0.4, -0.2) is 19.7 Å². The summed E-state index contributed by atoms with van der Waals surface area (Å²) in [4.78, 5) is 16.6. The van der Waals surface area contributed by atoms with Gasteiger partial charge in [0.25, 0.3) is 5.56 Å². The molecule has 0 amide bonds. The lowest BCUT2D eigenvalue weighted by Crippen LogP contribution is -2.19. The fourth-order valence-electron chi connectivity index (χ4n) is 1.98. The molecule has 0 saturated heterocycles. The fraction of sp³-hybridized carbons (Fsp3) is 0.333. The zero-order valence-corrected chi connectivity index (χ0v) is 13.4. The van der Waals surface area contributed by atoms with E-state index in [9.17, 15) is 4.79 Å². The van der Waals surface area contributed by atoms with Gasteiger partial charge in [0.2, 0.25) is 12.3 Å². The summed E-state index contributed by atoms with van der Waals surface area (Å²) in [6, 6.07) is 3.17. The first-order valence-electron chi connectivity index (χ1n) is 6.85. The summed E-state index contributed by atoms with van der Waals surface area (Å²) >= 11 is 1.62. The molecule has 0 spiro atoms. The Morgan fingerprint density at radius 1 is 1.32 bits per heavy atom. The SMILES string of the molecule is CC(C)(C)c1nc(Cn2cc(-c3nnco3)ccc2=O)cs1. The molecule has 0 N–H and O–H groups in total. The van der Waals surface area contributed by atoms with Crippen LogP contribution in [0.25, 0.3) is 11.5 Å². The zero-order chi connectivity index (χ0) is 15.7. The number of hydrogen-bond acceptors (Lipinski definition) is 6. The molecule has 0 saturated carbocycles. The van der Waals surface area contributed by atoms with Crippen molar-refractivity contribution in [2.24, 2.45) is 0 Å². The van der Waals surface area contributed by atoms with Crippen molar-refractivity contribution in [3.8, 4) is 11.5 Å². The standard InChI is InChI=1S/C15H16N4O2S/c1-15(2,3)14-17-11(8-22-14)7-19-6-10(4-5-12(19)20)13-18-16-9-21-13/h4-6,8-9H,7H2,1-3H3. The Morgan fingerprint density at radius 2 is 2.14 bits per heavy atom. The number of nitrogens with zero attached hydrogens (tertiary/aromatic N) is 4. The second kappa shape index (κ2) is 5.49. The molecule has 0 unspecified atom stereocenters. The largest absolute Gasteiger partial charge is 0.423 e. The molecule has 0 bridgehead atoms. The number of pyridine rings is 1. The van der Waals surface area contributed by atoms with Gasteiger partial charge in [-0.25, -0.2) is 4.98 Å². The third-order valence-electron chi connectivity index (χ3n) is 3.12. The van der Waals surface area contributed by atoms with E-state index in [1.165, 1.54) is 12.5 Å². The molecule has 22 heavy (non-hydrogen) atoms. The summed E-state index contributed by atoms with van der Waals surface area (Å²) in [6.45, 7) is 6.79. The second-order valence-corrected chi connectivity index (χ2v) is 6.88. The zero-order valence-electron chi connectivity index (χ0n) is 12.6. The van der Waals surface area contributed by atoms with Gasteiger partial charge in [-0.3, -0.25) is 4.79 Å². The molecule has 0 fully saturated rings. The molecule has 3 heterocycles. The minimum atomic E-state index is -0.0893. The van der Waals surface area contributed by atoms with E-state index in [1.54, 1.807) is 28.2 Å². The van der Waals surface area contributed by atoms with Crippen LogP contribution in [0.1, 0.15) is 31.5 Å². The minimum Gasteiger partial charge on any atom is -0.423 e. The normalized spacial score (nSPS) is 11.8. The van der Waals surface area contributed by atoms with Gasteiger partial charge < -0.3 is 8.98 Å². The van der Waals surface area contributed by atoms with Gasteiger partial charge in [0.05, 0.1) is 22.8 Å². The van der Waals surface area contributed by atoms with E-state index in [1.807, 2.05) is 5.38 Å². The molecule has 0 aliphatic carbocycles. The number of thiazole rings is 1. The van der Waals surface area contributed by atoms with Gasteiger partial charge in [-0.1, -0.05) is 20.8 Å².